The number of fused-ring (bicyclic) bond motifs is 1. The van der Waals surface area contributed by atoms with Crippen LogP contribution in [0, 0.1) is 0 Å². The summed E-state index contributed by atoms with van der Waals surface area (Å²) in [6.45, 7) is 0. The summed E-state index contributed by atoms with van der Waals surface area (Å²) in [6.07, 6.45) is 0.0727. The number of carbonyl (C=O) groups is 2. The summed E-state index contributed by atoms with van der Waals surface area (Å²) in [4.78, 5) is 25.4. The standard InChI is InChI=1S/C20H17N3O3/c1-26-15-10-6-5-9-13(15)19(25)14-11-16(24)21-20-17(14)18(22-23-20)12-7-3-2-4-8-12/h2-10,14H,11H2,1H3,(H2,21,22,23,24). The Kier molecular flexibility index (Phi) is 4.01. The summed E-state index contributed by atoms with van der Waals surface area (Å²) < 4.78 is 5.32. The number of nitrogens with one attached hydrogen (secondary N) is 2. The number of Topliss-reactive ketones (excluding diaryl/α,β-unsaturated/α-hetero) is 1. The minimum absolute atomic E-state index is 0.0727. The van der Waals surface area contributed by atoms with Crippen LogP contribution in [0.4, 0.5) is 5.82 Å². The fourth-order valence-corrected chi connectivity index (χ4v) is 3.34. The number of nitrogens with zero attached hydrogens (tertiary/aromatic N) is 1. The zero-order valence-corrected chi connectivity index (χ0v) is 14.2. The molecule has 0 spiro atoms. The summed E-state index contributed by atoms with van der Waals surface area (Å²) in [7, 11) is 1.53. The van der Waals surface area contributed by atoms with Gasteiger partial charge < -0.3 is 10.1 Å². The third kappa shape index (κ3) is 2.65. The highest BCUT2D eigenvalue weighted by molar-refractivity contribution is 6.10. The van der Waals surface area contributed by atoms with Crippen molar-refractivity contribution in [1.82, 2.24) is 10.2 Å². The van der Waals surface area contributed by atoms with Crippen LogP contribution in [0.25, 0.3) is 11.3 Å². The molecule has 6 nitrogen and oxygen atoms in total. The van der Waals surface area contributed by atoms with Crippen molar-refractivity contribution >= 4 is 17.5 Å². The van der Waals surface area contributed by atoms with E-state index in [1.54, 1.807) is 18.2 Å². The molecule has 1 amide bonds. The first-order chi connectivity index (χ1) is 12.7. The third-order valence-electron chi connectivity index (χ3n) is 4.55. The number of hydrogen-bond acceptors (Lipinski definition) is 4. The molecular weight excluding hydrogens is 330 g/mol. The average Bonchev–Trinajstić information content (AvgIpc) is 3.11. The maximum Gasteiger partial charge on any atom is 0.226 e. The molecule has 2 aromatic carbocycles. The van der Waals surface area contributed by atoms with Gasteiger partial charge in [0.05, 0.1) is 24.3 Å². The van der Waals surface area contributed by atoms with Crippen LogP contribution in [0.15, 0.2) is 54.6 Å². The Balaban J connectivity index is 1.83. The second-order valence-electron chi connectivity index (χ2n) is 6.10. The van der Waals surface area contributed by atoms with Crippen LogP contribution in [0.3, 0.4) is 0 Å². The Labute approximate surface area is 150 Å². The fourth-order valence-electron chi connectivity index (χ4n) is 3.34. The molecule has 1 atom stereocenters. The van der Waals surface area contributed by atoms with Gasteiger partial charge in [-0.3, -0.25) is 14.7 Å². The molecule has 1 aromatic heterocycles. The van der Waals surface area contributed by atoms with E-state index in [-0.39, 0.29) is 18.1 Å². The number of amides is 1. The summed E-state index contributed by atoms with van der Waals surface area (Å²) in [5, 5.41) is 9.93. The van der Waals surface area contributed by atoms with Crippen LogP contribution < -0.4 is 10.1 Å². The Morgan fingerprint density at radius 2 is 1.85 bits per heavy atom. The van der Waals surface area contributed by atoms with Gasteiger partial charge in [-0.2, -0.15) is 5.10 Å². The van der Waals surface area contributed by atoms with Gasteiger partial charge in [-0.1, -0.05) is 42.5 Å². The van der Waals surface area contributed by atoms with Crippen molar-refractivity contribution in [3.63, 3.8) is 0 Å². The number of hydrogen-bond donors (Lipinski definition) is 2. The summed E-state index contributed by atoms with van der Waals surface area (Å²) in [6, 6.07) is 16.7. The smallest absolute Gasteiger partial charge is 0.226 e. The van der Waals surface area contributed by atoms with Crippen molar-refractivity contribution in [2.45, 2.75) is 12.3 Å². The molecule has 0 radical (unpaired) electrons. The van der Waals surface area contributed by atoms with E-state index in [9.17, 15) is 9.59 Å². The second kappa shape index (κ2) is 6.48. The number of para-hydroxylation sites is 1. The van der Waals surface area contributed by atoms with Gasteiger partial charge in [-0.15, -0.1) is 0 Å². The van der Waals surface area contributed by atoms with E-state index < -0.39 is 5.92 Å². The minimum atomic E-state index is -0.621. The fraction of sp³-hybridized carbons (Fsp3) is 0.150. The van der Waals surface area contributed by atoms with Gasteiger partial charge in [0.1, 0.15) is 5.75 Å². The molecular formula is C20H17N3O3. The van der Waals surface area contributed by atoms with Crippen molar-refractivity contribution < 1.29 is 14.3 Å². The number of methoxy groups -OCH3 is 1. The van der Waals surface area contributed by atoms with E-state index in [1.165, 1.54) is 7.11 Å². The molecule has 6 heteroatoms. The Morgan fingerprint density at radius 3 is 2.62 bits per heavy atom. The summed E-state index contributed by atoms with van der Waals surface area (Å²) in [5.41, 5.74) is 2.83. The topological polar surface area (TPSA) is 84.1 Å². The molecule has 0 saturated carbocycles. The first kappa shape index (κ1) is 16.1. The molecule has 2 heterocycles. The number of aromatic nitrogens is 2. The Morgan fingerprint density at radius 1 is 1.12 bits per heavy atom. The van der Waals surface area contributed by atoms with Gasteiger partial charge in [-0.05, 0) is 17.7 Å². The van der Waals surface area contributed by atoms with Crippen LogP contribution in [0.1, 0.15) is 28.3 Å². The minimum Gasteiger partial charge on any atom is -0.496 e. The number of H-pyrrole nitrogens is 1. The number of rotatable bonds is 4. The molecule has 2 N–H and O–H groups in total. The average molecular weight is 347 g/mol. The summed E-state index contributed by atoms with van der Waals surface area (Å²) >= 11 is 0. The third-order valence-corrected chi connectivity index (χ3v) is 4.55. The van der Waals surface area contributed by atoms with Gasteiger partial charge in [0.2, 0.25) is 5.91 Å². The number of ether oxygens (including phenoxy) is 1. The largest absolute Gasteiger partial charge is 0.496 e. The molecule has 0 aliphatic carbocycles. The highest BCUT2D eigenvalue weighted by Gasteiger charge is 2.36. The SMILES string of the molecule is COc1ccccc1C(=O)C1CC(=O)Nc2n[nH]c(-c3ccccc3)c21. The Bertz CT molecular complexity index is 979. The lowest BCUT2D eigenvalue weighted by molar-refractivity contribution is -0.116. The van der Waals surface area contributed by atoms with Crippen LogP contribution >= 0.6 is 0 Å². The molecule has 0 fully saturated rings. The van der Waals surface area contributed by atoms with Crippen molar-refractivity contribution in [2.24, 2.45) is 0 Å². The van der Waals surface area contributed by atoms with E-state index in [1.807, 2.05) is 36.4 Å². The highest BCUT2D eigenvalue weighted by Crippen LogP contribution is 2.40. The van der Waals surface area contributed by atoms with Crippen molar-refractivity contribution in [3.8, 4) is 17.0 Å². The highest BCUT2D eigenvalue weighted by atomic mass is 16.5. The number of benzene rings is 2. The van der Waals surface area contributed by atoms with Gasteiger partial charge in [-0.25, -0.2) is 0 Å². The lowest BCUT2D eigenvalue weighted by atomic mass is 9.84. The zero-order chi connectivity index (χ0) is 18.1. The van der Waals surface area contributed by atoms with Gasteiger partial charge >= 0.3 is 0 Å². The maximum atomic E-state index is 13.3. The molecule has 0 bridgehead atoms. The van der Waals surface area contributed by atoms with Crippen LogP contribution in [0.5, 0.6) is 5.75 Å². The van der Waals surface area contributed by atoms with E-state index in [2.05, 4.69) is 15.5 Å². The van der Waals surface area contributed by atoms with Crippen molar-refractivity contribution in [1.29, 1.82) is 0 Å². The Hall–Kier alpha value is -3.41. The molecule has 1 aliphatic rings. The number of aromatic amines is 1. The van der Waals surface area contributed by atoms with E-state index in [0.717, 1.165) is 11.3 Å². The van der Waals surface area contributed by atoms with E-state index in [4.69, 9.17) is 4.74 Å². The molecule has 0 saturated heterocycles. The number of carbonyl (C=O) groups excluding carboxylic acids is 2. The summed E-state index contributed by atoms with van der Waals surface area (Å²) in [5.74, 6) is -0.0962. The number of ketones is 1. The van der Waals surface area contributed by atoms with Crippen LogP contribution in [-0.4, -0.2) is 29.0 Å². The van der Waals surface area contributed by atoms with Crippen molar-refractivity contribution in [2.75, 3.05) is 12.4 Å². The second-order valence-corrected chi connectivity index (χ2v) is 6.10. The predicted molar refractivity (Wildman–Crippen MR) is 97.3 cm³/mol. The first-order valence-corrected chi connectivity index (χ1v) is 8.30. The van der Waals surface area contributed by atoms with Crippen molar-refractivity contribution in [3.05, 3.63) is 65.7 Å². The van der Waals surface area contributed by atoms with Gasteiger partial charge in [0.25, 0.3) is 0 Å². The molecule has 130 valence electrons. The van der Waals surface area contributed by atoms with Crippen LogP contribution in [-0.2, 0) is 4.79 Å². The predicted octanol–water partition coefficient (Wildman–Crippen LogP) is 3.39. The van der Waals surface area contributed by atoms with Gasteiger partial charge in [0, 0.05) is 12.0 Å². The molecule has 1 aliphatic heterocycles. The molecule has 3 aromatic rings. The maximum absolute atomic E-state index is 13.3. The zero-order valence-electron chi connectivity index (χ0n) is 14.2. The van der Waals surface area contributed by atoms with Crippen LogP contribution in [0.2, 0.25) is 0 Å². The van der Waals surface area contributed by atoms with E-state index in [0.29, 0.717) is 22.7 Å². The first-order valence-electron chi connectivity index (χ1n) is 8.30. The quantitative estimate of drug-likeness (QED) is 0.709. The monoisotopic (exact) mass is 347 g/mol. The lowest BCUT2D eigenvalue weighted by Gasteiger charge is -2.22. The van der Waals surface area contributed by atoms with E-state index >= 15 is 0 Å². The molecule has 26 heavy (non-hydrogen) atoms. The van der Waals surface area contributed by atoms with Gasteiger partial charge in [0.15, 0.2) is 11.6 Å². The molecule has 1 unspecified atom stereocenters. The molecule has 4 rings (SSSR count). The lowest BCUT2D eigenvalue weighted by Crippen LogP contribution is -2.27. The number of anilines is 1. The normalized spacial score (nSPS) is 15.9.